The minimum atomic E-state index is -0.339. The van der Waals surface area contributed by atoms with E-state index in [-0.39, 0.29) is 19.0 Å². The summed E-state index contributed by atoms with van der Waals surface area (Å²) in [4.78, 5) is 1.61. The molecule has 0 bridgehead atoms. The number of rotatable bonds is 5. The van der Waals surface area contributed by atoms with Crippen LogP contribution in [0.2, 0.25) is 0 Å². The SMILES string of the molecule is OCCN(CCO)c1ccccc1F. The molecule has 1 aromatic rings. The van der Waals surface area contributed by atoms with Gasteiger partial charge in [-0.15, -0.1) is 0 Å². The second kappa shape index (κ2) is 5.57. The molecule has 0 aliphatic rings. The molecule has 0 atom stereocenters. The average molecular weight is 199 g/mol. The number of aliphatic hydroxyl groups excluding tert-OH is 2. The molecule has 14 heavy (non-hydrogen) atoms. The van der Waals surface area contributed by atoms with Gasteiger partial charge in [0.2, 0.25) is 0 Å². The van der Waals surface area contributed by atoms with Crippen LogP contribution >= 0.6 is 0 Å². The normalized spacial score (nSPS) is 10.2. The number of nitrogens with zero attached hydrogens (tertiary/aromatic N) is 1. The van der Waals surface area contributed by atoms with Gasteiger partial charge in [-0.25, -0.2) is 4.39 Å². The molecule has 2 N–H and O–H groups in total. The predicted octanol–water partition coefficient (Wildman–Crippen LogP) is 0.617. The maximum absolute atomic E-state index is 13.3. The summed E-state index contributed by atoms with van der Waals surface area (Å²) in [5, 5.41) is 17.5. The molecular formula is C10H14FNO2. The van der Waals surface area contributed by atoms with Gasteiger partial charge in [-0.3, -0.25) is 0 Å². The van der Waals surface area contributed by atoms with E-state index in [9.17, 15) is 4.39 Å². The fraction of sp³-hybridized carbons (Fsp3) is 0.400. The van der Waals surface area contributed by atoms with E-state index >= 15 is 0 Å². The Morgan fingerprint density at radius 2 is 1.64 bits per heavy atom. The zero-order valence-electron chi connectivity index (χ0n) is 7.86. The first-order chi connectivity index (χ1) is 6.79. The predicted molar refractivity (Wildman–Crippen MR) is 52.8 cm³/mol. The van der Waals surface area contributed by atoms with Crippen molar-refractivity contribution in [2.75, 3.05) is 31.2 Å². The molecular weight excluding hydrogens is 185 g/mol. The first kappa shape index (κ1) is 10.9. The van der Waals surface area contributed by atoms with Crippen molar-refractivity contribution >= 4 is 5.69 Å². The van der Waals surface area contributed by atoms with Crippen LogP contribution in [0.1, 0.15) is 0 Å². The van der Waals surface area contributed by atoms with Crippen LogP contribution in [0.25, 0.3) is 0 Å². The third-order valence-electron chi connectivity index (χ3n) is 1.93. The van der Waals surface area contributed by atoms with Crippen LogP contribution in [-0.2, 0) is 0 Å². The lowest BCUT2D eigenvalue weighted by molar-refractivity contribution is 0.280. The van der Waals surface area contributed by atoms with Gasteiger partial charge in [0, 0.05) is 13.1 Å². The van der Waals surface area contributed by atoms with Crippen molar-refractivity contribution in [1.29, 1.82) is 0 Å². The van der Waals surface area contributed by atoms with Crippen LogP contribution in [0.15, 0.2) is 24.3 Å². The number of halogens is 1. The molecule has 0 spiro atoms. The van der Waals surface area contributed by atoms with Crippen molar-refractivity contribution in [1.82, 2.24) is 0 Å². The minimum Gasteiger partial charge on any atom is -0.395 e. The summed E-state index contributed by atoms with van der Waals surface area (Å²) in [6.45, 7) is 0.519. The van der Waals surface area contributed by atoms with E-state index in [0.29, 0.717) is 18.8 Å². The summed E-state index contributed by atoms with van der Waals surface area (Å²) in [6.07, 6.45) is 0. The van der Waals surface area contributed by atoms with Crippen molar-refractivity contribution in [2.45, 2.75) is 0 Å². The molecule has 0 unspecified atom stereocenters. The molecule has 1 rings (SSSR count). The molecule has 0 amide bonds. The maximum atomic E-state index is 13.3. The summed E-state index contributed by atoms with van der Waals surface area (Å²) in [7, 11) is 0. The van der Waals surface area contributed by atoms with E-state index in [1.54, 1.807) is 23.1 Å². The second-order valence-electron chi connectivity index (χ2n) is 2.89. The van der Waals surface area contributed by atoms with Gasteiger partial charge >= 0.3 is 0 Å². The molecule has 0 heterocycles. The van der Waals surface area contributed by atoms with Crippen molar-refractivity contribution in [3.63, 3.8) is 0 Å². The van der Waals surface area contributed by atoms with Gasteiger partial charge in [0.15, 0.2) is 0 Å². The minimum absolute atomic E-state index is 0.0612. The fourth-order valence-corrected chi connectivity index (χ4v) is 1.30. The Kier molecular flexibility index (Phi) is 4.35. The van der Waals surface area contributed by atoms with Gasteiger partial charge in [-0.2, -0.15) is 0 Å². The van der Waals surface area contributed by atoms with Gasteiger partial charge in [-0.05, 0) is 12.1 Å². The highest BCUT2D eigenvalue weighted by Crippen LogP contribution is 2.17. The summed E-state index contributed by atoms with van der Waals surface area (Å²) in [5.74, 6) is -0.339. The molecule has 0 aromatic heterocycles. The number of hydrogen-bond acceptors (Lipinski definition) is 3. The fourth-order valence-electron chi connectivity index (χ4n) is 1.30. The molecule has 78 valence electrons. The smallest absolute Gasteiger partial charge is 0.146 e. The average Bonchev–Trinajstić information content (AvgIpc) is 2.18. The van der Waals surface area contributed by atoms with Gasteiger partial charge in [-0.1, -0.05) is 12.1 Å². The third kappa shape index (κ3) is 2.68. The topological polar surface area (TPSA) is 43.7 Å². The van der Waals surface area contributed by atoms with Crippen LogP contribution in [0.3, 0.4) is 0 Å². The molecule has 0 fully saturated rings. The summed E-state index contributed by atoms with van der Waals surface area (Å²) in [5.41, 5.74) is 0.413. The number of para-hydroxylation sites is 1. The van der Waals surface area contributed by atoms with Crippen LogP contribution in [0.5, 0.6) is 0 Å². The standard InChI is InChI=1S/C10H14FNO2/c11-9-3-1-2-4-10(9)12(5-7-13)6-8-14/h1-4,13-14H,5-8H2. The van der Waals surface area contributed by atoms with Crippen molar-refractivity contribution in [2.24, 2.45) is 0 Å². The van der Waals surface area contributed by atoms with Crippen LogP contribution in [-0.4, -0.2) is 36.5 Å². The highest BCUT2D eigenvalue weighted by atomic mass is 19.1. The van der Waals surface area contributed by atoms with E-state index in [1.807, 2.05) is 0 Å². The summed E-state index contributed by atoms with van der Waals surface area (Å²) in [6, 6.07) is 6.31. The van der Waals surface area contributed by atoms with Crippen LogP contribution in [0.4, 0.5) is 10.1 Å². The Labute approximate surface area is 82.4 Å². The van der Waals surface area contributed by atoms with Gasteiger partial charge in [0.25, 0.3) is 0 Å². The number of aliphatic hydroxyl groups is 2. The zero-order valence-corrected chi connectivity index (χ0v) is 7.86. The first-order valence-electron chi connectivity index (χ1n) is 4.50. The molecule has 4 heteroatoms. The molecule has 3 nitrogen and oxygen atoms in total. The zero-order chi connectivity index (χ0) is 10.4. The van der Waals surface area contributed by atoms with Gasteiger partial charge in [0.05, 0.1) is 18.9 Å². The van der Waals surface area contributed by atoms with Crippen molar-refractivity contribution in [3.05, 3.63) is 30.1 Å². The van der Waals surface area contributed by atoms with Gasteiger partial charge < -0.3 is 15.1 Å². The maximum Gasteiger partial charge on any atom is 0.146 e. The van der Waals surface area contributed by atoms with Gasteiger partial charge in [0.1, 0.15) is 5.82 Å². The Morgan fingerprint density at radius 1 is 1.07 bits per heavy atom. The molecule has 0 saturated carbocycles. The van der Waals surface area contributed by atoms with Crippen molar-refractivity contribution in [3.8, 4) is 0 Å². The Morgan fingerprint density at radius 3 is 2.14 bits per heavy atom. The number of hydrogen-bond donors (Lipinski definition) is 2. The lowest BCUT2D eigenvalue weighted by Crippen LogP contribution is -2.30. The van der Waals surface area contributed by atoms with Crippen molar-refractivity contribution < 1.29 is 14.6 Å². The first-order valence-corrected chi connectivity index (χ1v) is 4.50. The van der Waals surface area contributed by atoms with E-state index in [2.05, 4.69) is 0 Å². The lowest BCUT2D eigenvalue weighted by atomic mass is 10.2. The Bertz CT molecular complexity index is 275. The molecule has 0 aliphatic carbocycles. The molecule has 1 aromatic carbocycles. The Balaban J connectivity index is 2.81. The second-order valence-corrected chi connectivity index (χ2v) is 2.89. The molecule has 0 aliphatic heterocycles. The van der Waals surface area contributed by atoms with E-state index in [4.69, 9.17) is 10.2 Å². The van der Waals surface area contributed by atoms with Crippen LogP contribution < -0.4 is 4.90 Å². The van der Waals surface area contributed by atoms with E-state index in [0.717, 1.165) is 0 Å². The van der Waals surface area contributed by atoms with E-state index < -0.39 is 0 Å². The highest BCUT2D eigenvalue weighted by molar-refractivity contribution is 5.47. The third-order valence-corrected chi connectivity index (χ3v) is 1.93. The summed E-state index contributed by atoms with van der Waals surface area (Å²) >= 11 is 0. The highest BCUT2D eigenvalue weighted by Gasteiger charge is 2.09. The quantitative estimate of drug-likeness (QED) is 0.730. The lowest BCUT2D eigenvalue weighted by Gasteiger charge is -2.23. The Hall–Kier alpha value is -1.13. The number of benzene rings is 1. The monoisotopic (exact) mass is 199 g/mol. The largest absolute Gasteiger partial charge is 0.395 e. The summed E-state index contributed by atoms with van der Waals surface area (Å²) < 4.78 is 13.3. The molecule has 0 radical (unpaired) electrons. The molecule has 0 saturated heterocycles. The van der Waals surface area contributed by atoms with E-state index in [1.165, 1.54) is 6.07 Å². The van der Waals surface area contributed by atoms with Crippen LogP contribution in [0, 0.1) is 5.82 Å². The number of anilines is 1.